The molecule has 0 radical (unpaired) electrons. The van der Waals surface area contributed by atoms with Crippen molar-refractivity contribution in [1.82, 2.24) is 14.9 Å². The molecule has 1 fully saturated rings. The molecular weight excluding hydrogens is 356 g/mol. The highest BCUT2D eigenvalue weighted by atomic mass is 16.5. The number of ether oxygens (including phenoxy) is 1. The Hall–Kier alpha value is -2.54. The normalized spacial score (nSPS) is 20.1. The van der Waals surface area contributed by atoms with Crippen LogP contribution in [0.5, 0.6) is 11.5 Å². The van der Waals surface area contributed by atoms with Gasteiger partial charge < -0.3 is 14.7 Å². The van der Waals surface area contributed by atoms with E-state index in [9.17, 15) is 9.90 Å². The van der Waals surface area contributed by atoms with Crippen LogP contribution in [0.2, 0.25) is 0 Å². The summed E-state index contributed by atoms with van der Waals surface area (Å²) < 4.78 is 5.10. The van der Waals surface area contributed by atoms with Gasteiger partial charge in [0.25, 0.3) is 5.56 Å². The van der Waals surface area contributed by atoms with Gasteiger partial charge in [-0.2, -0.15) is 0 Å². The van der Waals surface area contributed by atoms with Gasteiger partial charge in [-0.3, -0.25) is 14.7 Å². The van der Waals surface area contributed by atoms with Gasteiger partial charge in [0.15, 0.2) is 11.5 Å². The summed E-state index contributed by atoms with van der Waals surface area (Å²) in [5, 5.41) is 9.98. The lowest BCUT2D eigenvalue weighted by atomic mass is 10.0. The zero-order valence-corrected chi connectivity index (χ0v) is 16.6. The molecular formula is C21H28N4O3. The van der Waals surface area contributed by atoms with Crippen molar-refractivity contribution >= 4 is 5.95 Å². The number of hydrogen-bond donors (Lipinski definition) is 2. The highest BCUT2D eigenvalue weighted by Gasteiger charge is 2.24. The van der Waals surface area contributed by atoms with Crippen molar-refractivity contribution in [1.29, 1.82) is 0 Å². The van der Waals surface area contributed by atoms with Crippen LogP contribution in [0.1, 0.15) is 36.6 Å². The van der Waals surface area contributed by atoms with Crippen LogP contribution in [-0.4, -0.2) is 46.7 Å². The minimum absolute atomic E-state index is 0.0273. The summed E-state index contributed by atoms with van der Waals surface area (Å²) in [7, 11) is 1.54. The lowest BCUT2D eigenvalue weighted by Crippen LogP contribution is -2.39. The van der Waals surface area contributed by atoms with Crippen molar-refractivity contribution in [3.63, 3.8) is 0 Å². The molecule has 0 saturated carbocycles. The molecule has 2 aliphatic heterocycles. The largest absolute Gasteiger partial charge is 0.504 e. The van der Waals surface area contributed by atoms with Gasteiger partial charge >= 0.3 is 0 Å². The smallest absolute Gasteiger partial charge is 0.257 e. The minimum Gasteiger partial charge on any atom is -0.504 e. The summed E-state index contributed by atoms with van der Waals surface area (Å²) in [5.74, 6) is 1.96. The second kappa shape index (κ2) is 7.83. The molecule has 0 bridgehead atoms. The molecule has 28 heavy (non-hydrogen) atoms. The van der Waals surface area contributed by atoms with Crippen molar-refractivity contribution in [2.24, 2.45) is 5.92 Å². The Balaban J connectivity index is 1.49. The molecule has 3 heterocycles. The molecule has 2 N–H and O–H groups in total. The number of methoxy groups -OCH3 is 1. The highest BCUT2D eigenvalue weighted by molar-refractivity contribution is 5.42. The maximum absolute atomic E-state index is 12.7. The maximum Gasteiger partial charge on any atom is 0.257 e. The van der Waals surface area contributed by atoms with Gasteiger partial charge in [-0.05, 0) is 36.5 Å². The highest BCUT2D eigenvalue weighted by Crippen LogP contribution is 2.28. The Morgan fingerprint density at radius 2 is 2.21 bits per heavy atom. The predicted molar refractivity (Wildman–Crippen MR) is 108 cm³/mol. The average Bonchev–Trinajstić information content (AvgIpc) is 2.68. The Bertz CT molecular complexity index is 911. The van der Waals surface area contributed by atoms with Crippen LogP contribution in [0.15, 0.2) is 23.0 Å². The van der Waals surface area contributed by atoms with Gasteiger partial charge in [0.05, 0.1) is 18.4 Å². The lowest BCUT2D eigenvalue weighted by Gasteiger charge is -2.33. The lowest BCUT2D eigenvalue weighted by molar-refractivity contribution is 0.241. The zero-order chi connectivity index (χ0) is 19.7. The number of aromatic hydroxyl groups is 1. The number of piperidine rings is 1. The molecule has 2 aliphatic rings. The number of nitrogens with zero attached hydrogens (tertiary/aromatic N) is 3. The molecule has 2 aromatic rings. The van der Waals surface area contributed by atoms with Crippen LogP contribution in [0, 0.1) is 5.92 Å². The molecule has 0 amide bonds. The molecule has 4 rings (SSSR count). The summed E-state index contributed by atoms with van der Waals surface area (Å²) in [6.45, 7) is 6.24. The van der Waals surface area contributed by atoms with E-state index in [4.69, 9.17) is 9.72 Å². The first-order chi connectivity index (χ1) is 13.5. The molecule has 7 nitrogen and oxygen atoms in total. The van der Waals surface area contributed by atoms with Gasteiger partial charge in [0.2, 0.25) is 5.95 Å². The number of nitrogens with one attached hydrogen (secondary N) is 1. The number of aromatic amines is 1. The van der Waals surface area contributed by atoms with E-state index in [-0.39, 0.29) is 11.3 Å². The standard InChI is InChI=1S/C21H28N4O3/c1-14-4-3-8-25(11-14)21-22-17-7-9-24(13-16(17)20(27)23-21)12-15-5-6-19(28-2)18(26)10-15/h5-6,10,14,26H,3-4,7-9,11-13H2,1-2H3,(H,22,23,27)/t14-/m1/s1. The summed E-state index contributed by atoms with van der Waals surface area (Å²) in [6.07, 6.45) is 3.14. The van der Waals surface area contributed by atoms with E-state index in [1.54, 1.807) is 12.1 Å². The Labute approximate surface area is 165 Å². The number of rotatable bonds is 4. The van der Waals surface area contributed by atoms with Crippen molar-refractivity contribution < 1.29 is 9.84 Å². The van der Waals surface area contributed by atoms with Crippen molar-refractivity contribution in [3.05, 3.63) is 45.4 Å². The fourth-order valence-electron chi connectivity index (χ4n) is 4.23. The Kier molecular flexibility index (Phi) is 5.26. The molecule has 1 aromatic carbocycles. The van der Waals surface area contributed by atoms with E-state index in [0.717, 1.165) is 55.2 Å². The number of phenols is 1. The predicted octanol–water partition coefficient (Wildman–Crippen LogP) is 2.28. The van der Waals surface area contributed by atoms with Crippen molar-refractivity contribution in [2.45, 2.75) is 39.3 Å². The van der Waals surface area contributed by atoms with E-state index in [2.05, 4.69) is 21.7 Å². The number of hydrogen-bond acceptors (Lipinski definition) is 6. The molecule has 1 atom stereocenters. The molecule has 1 aromatic heterocycles. The third-order valence-electron chi connectivity index (χ3n) is 5.74. The topological polar surface area (TPSA) is 81.7 Å². The summed E-state index contributed by atoms with van der Waals surface area (Å²) in [4.78, 5) is 25.0. The quantitative estimate of drug-likeness (QED) is 0.842. The molecule has 1 saturated heterocycles. The van der Waals surface area contributed by atoms with E-state index in [1.807, 2.05) is 6.07 Å². The first kappa shape index (κ1) is 18.8. The number of phenolic OH excluding ortho intramolecular Hbond substituents is 1. The first-order valence-electron chi connectivity index (χ1n) is 9.98. The summed E-state index contributed by atoms with van der Waals surface area (Å²) >= 11 is 0. The van der Waals surface area contributed by atoms with Gasteiger partial charge in [-0.1, -0.05) is 13.0 Å². The van der Waals surface area contributed by atoms with Gasteiger partial charge in [-0.25, -0.2) is 4.98 Å². The molecule has 0 unspecified atom stereocenters. The first-order valence-corrected chi connectivity index (χ1v) is 9.98. The third-order valence-corrected chi connectivity index (χ3v) is 5.74. The van der Waals surface area contributed by atoms with Crippen molar-refractivity contribution in [3.8, 4) is 11.5 Å². The molecule has 7 heteroatoms. The minimum atomic E-state index is -0.0273. The number of aromatic nitrogens is 2. The SMILES string of the molecule is COc1ccc(CN2CCc3nc(N4CCC[C@@H](C)C4)[nH]c(=O)c3C2)cc1O. The van der Waals surface area contributed by atoms with Gasteiger partial charge in [0, 0.05) is 39.1 Å². The Morgan fingerprint density at radius 3 is 2.96 bits per heavy atom. The summed E-state index contributed by atoms with van der Waals surface area (Å²) in [6, 6.07) is 5.43. The van der Waals surface area contributed by atoms with E-state index < -0.39 is 0 Å². The Morgan fingerprint density at radius 1 is 1.36 bits per heavy atom. The van der Waals surface area contributed by atoms with Crippen molar-refractivity contribution in [2.75, 3.05) is 31.6 Å². The molecule has 150 valence electrons. The van der Waals surface area contributed by atoms with Gasteiger partial charge in [-0.15, -0.1) is 0 Å². The van der Waals surface area contributed by atoms with Gasteiger partial charge in [0.1, 0.15) is 0 Å². The fraction of sp³-hybridized carbons (Fsp3) is 0.524. The number of fused-ring (bicyclic) bond motifs is 1. The van der Waals surface area contributed by atoms with Crippen LogP contribution < -0.4 is 15.2 Å². The van der Waals surface area contributed by atoms with Crippen LogP contribution in [0.4, 0.5) is 5.95 Å². The zero-order valence-electron chi connectivity index (χ0n) is 16.6. The van der Waals surface area contributed by atoms with Crippen LogP contribution >= 0.6 is 0 Å². The second-order valence-electron chi connectivity index (χ2n) is 7.98. The second-order valence-corrected chi connectivity index (χ2v) is 7.98. The number of anilines is 1. The summed E-state index contributed by atoms with van der Waals surface area (Å²) in [5.41, 5.74) is 2.65. The fourth-order valence-corrected chi connectivity index (χ4v) is 4.23. The third kappa shape index (κ3) is 3.85. The van der Waals surface area contributed by atoms with E-state index in [1.165, 1.54) is 13.5 Å². The number of H-pyrrole nitrogens is 1. The monoisotopic (exact) mass is 384 g/mol. The molecule has 0 spiro atoms. The van der Waals surface area contributed by atoms with Crippen LogP contribution in [-0.2, 0) is 19.5 Å². The van der Waals surface area contributed by atoms with Crippen LogP contribution in [0.3, 0.4) is 0 Å². The average molecular weight is 384 g/mol. The number of benzene rings is 1. The molecule has 0 aliphatic carbocycles. The van der Waals surface area contributed by atoms with E-state index in [0.29, 0.717) is 24.8 Å². The van der Waals surface area contributed by atoms with Crippen LogP contribution in [0.25, 0.3) is 0 Å². The van der Waals surface area contributed by atoms with E-state index >= 15 is 0 Å². The maximum atomic E-state index is 12.7.